The van der Waals surface area contributed by atoms with Gasteiger partial charge in [-0.05, 0) is 35.4 Å². The van der Waals surface area contributed by atoms with Crippen LogP contribution in [0.5, 0.6) is 11.5 Å². The Hall–Kier alpha value is -3.95. The molecule has 1 aliphatic heterocycles. The van der Waals surface area contributed by atoms with Crippen molar-refractivity contribution in [2.24, 2.45) is 0 Å². The summed E-state index contributed by atoms with van der Waals surface area (Å²) < 4.78 is 84.3. The van der Waals surface area contributed by atoms with Crippen molar-refractivity contribution in [2.75, 3.05) is 11.4 Å². The molecule has 0 atom stereocenters. The van der Waals surface area contributed by atoms with E-state index >= 15 is 0 Å². The summed E-state index contributed by atoms with van der Waals surface area (Å²) in [7, 11) is 0. The molecular formula is C24H17F6N2O2+. The third kappa shape index (κ3) is 6.09. The molecule has 1 aromatic heterocycles. The van der Waals surface area contributed by atoms with Crippen LogP contribution in [0.25, 0.3) is 11.3 Å². The molecule has 4 nitrogen and oxygen atoms in total. The number of benzene rings is 2. The highest BCUT2D eigenvalue weighted by Gasteiger charge is 2.32. The molecule has 0 saturated carbocycles. The second-order valence-electron chi connectivity index (χ2n) is 7.21. The monoisotopic (exact) mass is 479 g/mol. The zero-order chi connectivity index (χ0) is 24.3. The van der Waals surface area contributed by atoms with Crippen LogP contribution < -0.4 is 18.9 Å². The number of hydrogen-bond acceptors (Lipinski definition) is 3. The molecule has 2 heterocycles. The predicted molar refractivity (Wildman–Crippen MR) is 112 cm³/mol. The van der Waals surface area contributed by atoms with E-state index in [1.807, 2.05) is 12.2 Å². The largest absolute Gasteiger partial charge is 0.573 e. The van der Waals surface area contributed by atoms with Gasteiger partial charge in [-0.3, -0.25) is 0 Å². The van der Waals surface area contributed by atoms with Gasteiger partial charge in [-0.1, -0.05) is 18.2 Å². The Morgan fingerprint density at radius 3 is 1.97 bits per heavy atom. The van der Waals surface area contributed by atoms with Crippen molar-refractivity contribution in [3.05, 3.63) is 97.0 Å². The Balaban J connectivity index is 1.45. The van der Waals surface area contributed by atoms with Gasteiger partial charge in [0.2, 0.25) is 5.69 Å². The number of rotatable bonds is 5. The van der Waals surface area contributed by atoms with Crippen LogP contribution in [0.15, 0.2) is 91.4 Å². The number of allylic oxidation sites excluding steroid dienone is 2. The van der Waals surface area contributed by atoms with Gasteiger partial charge in [0.25, 0.3) is 0 Å². The first-order valence-electron chi connectivity index (χ1n) is 9.94. The highest BCUT2D eigenvalue weighted by Crippen LogP contribution is 2.29. The Kier molecular flexibility index (Phi) is 6.23. The molecule has 176 valence electrons. The summed E-state index contributed by atoms with van der Waals surface area (Å²) in [5, 5.41) is 0. The van der Waals surface area contributed by atoms with E-state index in [1.165, 1.54) is 36.4 Å². The Labute approximate surface area is 190 Å². The zero-order valence-corrected chi connectivity index (χ0v) is 17.3. The minimum atomic E-state index is -4.77. The van der Waals surface area contributed by atoms with E-state index in [0.717, 1.165) is 11.1 Å². The summed E-state index contributed by atoms with van der Waals surface area (Å²) in [6.07, 6.45) is -0.635. The molecule has 0 bridgehead atoms. The van der Waals surface area contributed by atoms with Gasteiger partial charge in [-0.2, -0.15) is 4.57 Å². The summed E-state index contributed by atoms with van der Waals surface area (Å²) in [6, 6.07) is 14.9. The standard InChI is InChI=1S/C24H17F6N2O2/c25-23(26,27)33-21-5-1-3-19(15-21)31-11-7-17(8-12-31)18-9-13-32(14-10-18)20-4-2-6-22(16-20)34-24(28,29)30/h1-13,15-16H,14H2/q+1. The molecule has 2 aromatic carbocycles. The molecule has 0 amide bonds. The fourth-order valence-electron chi connectivity index (χ4n) is 3.39. The average molecular weight is 479 g/mol. The molecule has 3 aromatic rings. The number of aromatic nitrogens is 1. The molecule has 0 aliphatic carbocycles. The first kappa shape index (κ1) is 23.2. The number of nitrogens with zero attached hydrogens (tertiary/aromatic N) is 2. The maximum absolute atomic E-state index is 12.5. The van der Waals surface area contributed by atoms with Crippen molar-refractivity contribution in [3.63, 3.8) is 0 Å². The predicted octanol–water partition coefficient (Wildman–Crippen LogP) is 6.18. The molecule has 10 heteroatoms. The number of halogens is 6. The van der Waals surface area contributed by atoms with Crippen molar-refractivity contribution >= 4 is 11.3 Å². The van der Waals surface area contributed by atoms with Crippen LogP contribution in [-0.4, -0.2) is 19.3 Å². The van der Waals surface area contributed by atoms with Crippen LogP contribution in [0.4, 0.5) is 32.0 Å². The third-order valence-corrected chi connectivity index (χ3v) is 4.84. The Morgan fingerprint density at radius 2 is 1.38 bits per heavy atom. The van der Waals surface area contributed by atoms with Crippen LogP contribution >= 0.6 is 0 Å². The van der Waals surface area contributed by atoms with Gasteiger partial charge in [0.1, 0.15) is 11.5 Å². The maximum Gasteiger partial charge on any atom is 0.573 e. The maximum atomic E-state index is 12.5. The lowest BCUT2D eigenvalue weighted by molar-refractivity contribution is -0.595. The zero-order valence-electron chi connectivity index (χ0n) is 17.3. The van der Waals surface area contributed by atoms with Gasteiger partial charge in [0.15, 0.2) is 12.4 Å². The number of pyridine rings is 1. The van der Waals surface area contributed by atoms with E-state index in [-0.39, 0.29) is 11.5 Å². The summed E-state index contributed by atoms with van der Waals surface area (Å²) in [6.45, 7) is 0.424. The van der Waals surface area contributed by atoms with Gasteiger partial charge < -0.3 is 14.4 Å². The molecule has 0 N–H and O–H groups in total. The minimum absolute atomic E-state index is 0.300. The molecule has 0 saturated heterocycles. The van der Waals surface area contributed by atoms with Crippen molar-refractivity contribution in [1.29, 1.82) is 0 Å². The molecular weight excluding hydrogens is 462 g/mol. The van der Waals surface area contributed by atoms with E-state index in [1.54, 1.807) is 52.3 Å². The summed E-state index contributed by atoms with van der Waals surface area (Å²) in [5.74, 6) is -0.616. The van der Waals surface area contributed by atoms with Gasteiger partial charge >= 0.3 is 12.7 Å². The molecule has 1 aliphatic rings. The Morgan fingerprint density at radius 1 is 0.765 bits per heavy atom. The lowest BCUT2D eigenvalue weighted by atomic mass is 10.0. The van der Waals surface area contributed by atoms with Crippen LogP contribution in [-0.2, 0) is 0 Å². The fourth-order valence-corrected chi connectivity index (χ4v) is 3.39. The quantitative estimate of drug-likeness (QED) is 0.323. The number of hydrogen-bond donors (Lipinski definition) is 0. The topological polar surface area (TPSA) is 25.6 Å². The fraction of sp³-hybridized carbons (Fsp3) is 0.125. The van der Waals surface area contributed by atoms with Gasteiger partial charge in [-0.25, -0.2) is 0 Å². The normalized spacial score (nSPS) is 14.1. The van der Waals surface area contributed by atoms with Crippen LogP contribution in [0.3, 0.4) is 0 Å². The smallest absolute Gasteiger partial charge is 0.406 e. The minimum Gasteiger partial charge on any atom is -0.406 e. The van der Waals surface area contributed by atoms with E-state index in [2.05, 4.69) is 9.47 Å². The molecule has 4 rings (SSSR count). The first-order chi connectivity index (χ1) is 16.1. The number of alkyl halides is 6. The lowest BCUT2D eigenvalue weighted by Gasteiger charge is -2.23. The van der Waals surface area contributed by atoms with E-state index in [0.29, 0.717) is 17.9 Å². The Bertz CT molecular complexity index is 1220. The molecule has 0 unspecified atom stereocenters. The van der Waals surface area contributed by atoms with Gasteiger partial charge in [0, 0.05) is 42.7 Å². The van der Waals surface area contributed by atoms with Crippen molar-refractivity contribution in [2.45, 2.75) is 12.7 Å². The second-order valence-corrected chi connectivity index (χ2v) is 7.21. The van der Waals surface area contributed by atoms with Crippen LogP contribution in [0.2, 0.25) is 0 Å². The van der Waals surface area contributed by atoms with Crippen LogP contribution in [0.1, 0.15) is 5.56 Å². The molecule has 34 heavy (non-hydrogen) atoms. The van der Waals surface area contributed by atoms with Gasteiger partial charge in [0.05, 0.1) is 6.07 Å². The second kappa shape index (κ2) is 9.12. The molecule has 0 radical (unpaired) electrons. The van der Waals surface area contributed by atoms with Crippen LogP contribution in [0, 0.1) is 0 Å². The lowest BCUT2D eigenvalue weighted by Crippen LogP contribution is -2.29. The summed E-state index contributed by atoms with van der Waals surface area (Å²) in [5.41, 5.74) is 2.79. The van der Waals surface area contributed by atoms with E-state index in [4.69, 9.17) is 0 Å². The first-order valence-corrected chi connectivity index (χ1v) is 9.94. The number of anilines is 1. The third-order valence-electron chi connectivity index (χ3n) is 4.84. The highest BCUT2D eigenvalue weighted by atomic mass is 19.4. The summed E-state index contributed by atoms with van der Waals surface area (Å²) >= 11 is 0. The highest BCUT2D eigenvalue weighted by molar-refractivity contribution is 5.76. The average Bonchev–Trinajstić information content (AvgIpc) is 2.77. The van der Waals surface area contributed by atoms with Crippen molar-refractivity contribution in [3.8, 4) is 17.2 Å². The SMILES string of the molecule is FC(F)(F)Oc1cccc(N2C=CC(c3cc[n+](-c4cccc(OC(F)(F)F)c4)cc3)=CC2)c1. The summed E-state index contributed by atoms with van der Waals surface area (Å²) in [4.78, 5) is 1.77. The van der Waals surface area contributed by atoms with Crippen molar-refractivity contribution < 1.29 is 40.4 Å². The van der Waals surface area contributed by atoms with Gasteiger partial charge in [-0.15, -0.1) is 26.3 Å². The molecule has 0 fully saturated rings. The van der Waals surface area contributed by atoms with E-state index < -0.39 is 12.7 Å². The van der Waals surface area contributed by atoms with E-state index in [9.17, 15) is 26.3 Å². The number of ether oxygens (including phenoxy) is 2. The van der Waals surface area contributed by atoms with Crippen molar-refractivity contribution in [1.82, 2.24) is 0 Å². The molecule has 0 spiro atoms.